The third-order valence-corrected chi connectivity index (χ3v) is 5.63. The van der Waals surface area contributed by atoms with Crippen LogP contribution in [0.2, 0.25) is 0 Å². The molecular weight excluding hydrogens is 357 g/mol. The van der Waals surface area contributed by atoms with Crippen LogP contribution in [0.25, 0.3) is 16.6 Å². The lowest BCUT2D eigenvalue weighted by Gasteiger charge is -2.41. The zero-order valence-electron chi connectivity index (χ0n) is 17.1. The summed E-state index contributed by atoms with van der Waals surface area (Å²) < 4.78 is 13.9. The molecule has 2 heterocycles. The second-order valence-electron chi connectivity index (χ2n) is 8.61. The molecule has 0 aliphatic carbocycles. The zero-order chi connectivity index (χ0) is 20.6. The van der Waals surface area contributed by atoms with Crippen LogP contribution in [0.4, 0.5) is 4.39 Å². The fourth-order valence-corrected chi connectivity index (χ4v) is 4.33. The van der Waals surface area contributed by atoms with Gasteiger partial charge in [-0.15, -0.1) is 0 Å². The highest BCUT2D eigenvalue weighted by Crippen LogP contribution is 2.44. The molecule has 1 aromatic heterocycles. The van der Waals surface area contributed by atoms with Gasteiger partial charge in [-0.2, -0.15) is 0 Å². The maximum absolute atomic E-state index is 13.9. The monoisotopic (exact) mass is 387 g/mol. The van der Waals surface area contributed by atoms with Gasteiger partial charge in [-0.05, 0) is 50.9 Å². The number of rotatable bonds is 5. The van der Waals surface area contributed by atoms with Gasteiger partial charge in [-0.1, -0.05) is 20.8 Å². The minimum Gasteiger partial charge on any atom is -0.402 e. The molecule has 3 rings (SSSR count). The molecule has 0 spiro atoms. The lowest BCUT2D eigenvalue weighted by molar-refractivity contribution is 0.100. The largest absolute Gasteiger partial charge is 0.402 e. The first-order valence-electron chi connectivity index (χ1n) is 9.79. The van der Waals surface area contributed by atoms with Gasteiger partial charge in [0, 0.05) is 23.2 Å². The summed E-state index contributed by atoms with van der Waals surface area (Å²) in [5.41, 5.74) is 14.1. The summed E-state index contributed by atoms with van der Waals surface area (Å²) in [6, 6.07) is 2.45. The van der Waals surface area contributed by atoms with Crippen molar-refractivity contribution in [3.8, 4) is 0 Å². The number of primary amides is 1. The van der Waals surface area contributed by atoms with E-state index in [1.807, 2.05) is 6.92 Å². The number of hydrogen-bond acceptors (Lipinski definition) is 4. The number of hydrogen-bond donors (Lipinski definition) is 3. The van der Waals surface area contributed by atoms with Gasteiger partial charge in [0.25, 0.3) is 5.91 Å². The van der Waals surface area contributed by atoms with Gasteiger partial charge in [0.05, 0.1) is 11.1 Å². The van der Waals surface area contributed by atoms with E-state index in [9.17, 15) is 9.18 Å². The van der Waals surface area contributed by atoms with Crippen LogP contribution in [-0.2, 0) is 0 Å². The Kier molecular flexibility index (Phi) is 5.48. The van der Waals surface area contributed by atoms with E-state index in [1.54, 1.807) is 0 Å². The van der Waals surface area contributed by atoms with Gasteiger partial charge >= 0.3 is 0 Å². The molecule has 152 valence electrons. The van der Waals surface area contributed by atoms with Crippen LogP contribution in [0.1, 0.15) is 56.7 Å². The number of fused-ring (bicyclic) bond motifs is 1. The van der Waals surface area contributed by atoms with Crippen molar-refractivity contribution in [3.05, 3.63) is 35.0 Å². The first-order chi connectivity index (χ1) is 13.1. The number of carbonyl (C=O) groups is 1. The van der Waals surface area contributed by atoms with Crippen LogP contribution in [-0.4, -0.2) is 40.4 Å². The van der Waals surface area contributed by atoms with Crippen molar-refractivity contribution >= 4 is 22.5 Å². The molecule has 0 radical (unpaired) electrons. The van der Waals surface area contributed by atoms with Crippen molar-refractivity contribution in [2.45, 2.75) is 40.5 Å². The van der Waals surface area contributed by atoms with Crippen LogP contribution >= 0.6 is 0 Å². The van der Waals surface area contributed by atoms with E-state index in [0.29, 0.717) is 28.5 Å². The van der Waals surface area contributed by atoms with Gasteiger partial charge in [0.15, 0.2) is 0 Å². The van der Waals surface area contributed by atoms with Crippen molar-refractivity contribution in [1.29, 1.82) is 0 Å². The van der Waals surface area contributed by atoms with Gasteiger partial charge in [0.1, 0.15) is 17.2 Å². The van der Waals surface area contributed by atoms with Crippen LogP contribution < -0.4 is 11.5 Å². The fourth-order valence-electron chi connectivity index (χ4n) is 4.33. The molecule has 7 heteroatoms. The van der Waals surface area contributed by atoms with Crippen molar-refractivity contribution in [1.82, 2.24) is 14.9 Å². The molecule has 1 amide bonds. The molecule has 28 heavy (non-hydrogen) atoms. The second kappa shape index (κ2) is 7.54. The summed E-state index contributed by atoms with van der Waals surface area (Å²) in [5, 5.41) is 0. The molecule has 2 aromatic rings. The molecule has 0 unspecified atom stereocenters. The first kappa shape index (κ1) is 20.3. The minimum atomic E-state index is -0.703. The molecule has 0 bridgehead atoms. The number of halogens is 1. The molecule has 1 fully saturated rings. The van der Waals surface area contributed by atoms with Crippen molar-refractivity contribution in [3.63, 3.8) is 0 Å². The average Bonchev–Trinajstić information content (AvgIpc) is 2.98. The lowest BCUT2D eigenvalue weighted by Crippen LogP contribution is -2.41. The molecule has 6 nitrogen and oxygen atoms in total. The third-order valence-electron chi connectivity index (χ3n) is 5.63. The smallest absolute Gasteiger partial charge is 0.251 e. The van der Waals surface area contributed by atoms with E-state index in [-0.39, 0.29) is 11.0 Å². The number of imidazole rings is 1. The number of allylic oxidation sites excluding steroid dienone is 2. The number of nitrogens with two attached hydrogens (primary N) is 2. The Hall–Kier alpha value is -2.41. The van der Waals surface area contributed by atoms with Crippen LogP contribution in [0.5, 0.6) is 0 Å². The zero-order valence-corrected chi connectivity index (χ0v) is 17.1. The molecule has 1 aliphatic heterocycles. The number of amides is 1. The standard InChI is InChI=1S/C21H30FN5O/c1-12(2)11-27-7-5-21(4,6-8-27)17(13(3)23)20-25-16-10-14(22)9-15(19(24)28)18(16)26-20/h9-10,12H,5-8,11,23H2,1-4H3,(H2,24,28)(H,25,26). The number of benzene rings is 1. The quantitative estimate of drug-likeness (QED) is 0.733. The number of piperidine rings is 1. The summed E-state index contributed by atoms with van der Waals surface area (Å²) in [6.45, 7) is 11.6. The summed E-state index contributed by atoms with van der Waals surface area (Å²) in [4.78, 5) is 22.0. The third kappa shape index (κ3) is 3.90. The van der Waals surface area contributed by atoms with Gasteiger partial charge in [0.2, 0.25) is 0 Å². The highest BCUT2D eigenvalue weighted by molar-refractivity contribution is 6.04. The van der Waals surface area contributed by atoms with Crippen molar-refractivity contribution < 1.29 is 9.18 Å². The van der Waals surface area contributed by atoms with Crippen LogP contribution in [0, 0.1) is 17.2 Å². The van der Waals surface area contributed by atoms with E-state index >= 15 is 0 Å². The maximum Gasteiger partial charge on any atom is 0.251 e. The van der Waals surface area contributed by atoms with E-state index in [1.165, 1.54) is 6.07 Å². The number of aromatic nitrogens is 2. The summed E-state index contributed by atoms with van der Waals surface area (Å²) >= 11 is 0. The average molecular weight is 388 g/mol. The summed E-state index contributed by atoms with van der Waals surface area (Å²) in [6.07, 6.45) is 1.91. The van der Waals surface area contributed by atoms with Crippen LogP contribution in [0.15, 0.2) is 17.8 Å². The van der Waals surface area contributed by atoms with E-state index in [0.717, 1.165) is 44.1 Å². The molecule has 0 saturated carbocycles. The second-order valence-corrected chi connectivity index (χ2v) is 8.61. The van der Waals surface area contributed by atoms with Gasteiger partial charge in [-0.25, -0.2) is 9.37 Å². The Labute approximate surface area is 165 Å². The molecule has 1 saturated heterocycles. The number of aromatic amines is 1. The number of carbonyl (C=O) groups excluding carboxylic acids is 1. The van der Waals surface area contributed by atoms with Crippen molar-refractivity contribution in [2.75, 3.05) is 19.6 Å². The van der Waals surface area contributed by atoms with Crippen molar-refractivity contribution in [2.24, 2.45) is 22.8 Å². The van der Waals surface area contributed by atoms with E-state index in [4.69, 9.17) is 11.5 Å². The number of nitrogens with one attached hydrogen (secondary N) is 1. The highest BCUT2D eigenvalue weighted by Gasteiger charge is 2.37. The van der Waals surface area contributed by atoms with Crippen LogP contribution in [0.3, 0.4) is 0 Å². The molecular formula is C21H30FN5O. The minimum absolute atomic E-state index is 0.0726. The summed E-state index contributed by atoms with van der Waals surface area (Å²) in [5.74, 6) is -0.0125. The molecule has 1 aromatic carbocycles. The molecule has 1 aliphatic rings. The Balaban J connectivity index is 1.99. The maximum atomic E-state index is 13.9. The Morgan fingerprint density at radius 1 is 1.32 bits per heavy atom. The molecule has 0 atom stereocenters. The number of nitrogens with zero attached hydrogens (tertiary/aromatic N) is 2. The predicted molar refractivity (Wildman–Crippen MR) is 110 cm³/mol. The Morgan fingerprint density at radius 3 is 2.50 bits per heavy atom. The summed E-state index contributed by atoms with van der Waals surface area (Å²) in [7, 11) is 0. The Bertz CT molecular complexity index is 918. The topological polar surface area (TPSA) is 101 Å². The predicted octanol–water partition coefficient (Wildman–Crippen LogP) is 3.25. The number of H-pyrrole nitrogens is 1. The fraction of sp³-hybridized carbons (Fsp3) is 0.524. The van der Waals surface area contributed by atoms with E-state index in [2.05, 4.69) is 35.6 Å². The Morgan fingerprint density at radius 2 is 1.96 bits per heavy atom. The molecule has 5 N–H and O–H groups in total. The lowest BCUT2D eigenvalue weighted by atomic mass is 9.73. The van der Waals surface area contributed by atoms with Gasteiger partial charge in [-0.3, -0.25) is 4.79 Å². The SMILES string of the molecule is CC(N)=C(c1nc2c(C(N)=O)cc(F)cc2[nH]1)C1(C)CCN(CC(C)C)CC1. The highest BCUT2D eigenvalue weighted by atomic mass is 19.1. The van der Waals surface area contributed by atoms with Gasteiger partial charge < -0.3 is 21.4 Å². The van der Waals surface area contributed by atoms with E-state index < -0.39 is 11.7 Å². The normalized spacial score (nSPS) is 18.5. The number of likely N-dealkylation sites (tertiary alicyclic amines) is 1. The first-order valence-corrected chi connectivity index (χ1v) is 9.79.